The van der Waals surface area contributed by atoms with Crippen molar-refractivity contribution in [3.05, 3.63) is 4.73 Å². The molecule has 86 valence electrons. The van der Waals surface area contributed by atoms with Crippen LogP contribution in [0.3, 0.4) is 0 Å². The van der Waals surface area contributed by atoms with Crippen LogP contribution in [0.5, 0.6) is 0 Å². The van der Waals surface area contributed by atoms with Gasteiger partial charge in [-0.05, 0) is 21.3 Å². The standard InChI is InChI=1S/C8H13BrF2N4/c1-8(2,3-5(10)11)4-15-6(9)13-7(12)14-15/h5H,3-4H2,1-2H3,(H2,12,14). The number of nitrogen functional groups attached to an aromatic ring is 1. The van der Waals surface area contributed by atoms with E-state index in [1.54, 1.807) is 13.8 Å². The van der Waals surface area contributed by atoms with E-state index in [2.05, 4.69) is 26.0 Å². The number of rotatable bonds is 4. The zero-order chi connectivity index (χ0) is 11.6. The number of halogens is 3. The minimum Gasteiger partial charge on any atom is -0.366 e. The second-order valence-corrected chi connectivity index (χ2v) is 4.87. The van der Waals surface area contributed by atoms with Crippen LogP contribution >= 0.6 is 15.9 Å². The summed E-state index contributed by atoms with van der Waals surface area (Å²) in [6.07, 6.45) is -2.50. The van der Waals surface area contributed by atoms with Crippen LogP contribution in [0.2, 0.25) is 0 Å². The van der Waals surface area contributed by atoms with Crippen LogP contribution in [0.4, 0.5) is 14.7 Å². The van der Waals surface area contributed by atoms with E-state index in [1.807, 2.05) is 0 Å². The van der Waals surface area contributed by atoms with Gasteiger partial charge in [-0.25, -0.2) is 13.5 Å². The van der Waals surface area contributed by atoms with Crippen molar-refractivity contribution in [3.63, 3.8) is 0 Å². The molecule has 2 N–H and O–H groups in total. The third kappa shape index (κ3) is 3.73. The molecule has 7 heteroatoms. The van der Waals surface area contributed by atoms with E-state index in [0.29, 0.717) is 11.3 Å². The molecule has 0 saturated carbocycles. The highest BCUT2D eigenvalue weighted by Crippen LogP contribution is 2.27. The second-order valence-electron chi connectivity index (χ2n) is 4.16. The predicted molar refractivity (Wildman–Crippen MR) is 56.5 cm³/mol. The SMILES string of the molecule is CC(C)(CC(F)F)Cn1nc(N)nc1Br. The number of hydrogen-bond acceptors (Lipinski definition) is 3. The van der Waals surface area contributed by atoms with E-state index >= 15 is 0 Å². The molecular weight excluding hydrogens is 270 g/mol. The first-order valence-corrected chi connectivity index (χ1v) is 5.23. The molecular formula is C8H13BrF2N4. The number of nitrogens with two attached hydrogens (primary N) is 1. The smallest absolute Gasteiger partial charge is 0.240 e. The summed E-state index contributed by atoms with van der Waals surface area (Å²) in [5.41, 5.74) is 4.83. The summed E-state index contributed by atoms with van der Waals surface area (Å²) in [6.45, 7) is 3.86. The van der Waals surface area contributed by atoms with Gasteiger partial charge in [-0.2, -0.15) is 4.98 Å². The Morgan fingerprint density at radius 3 is 2.53 bits per heavy atom. The molecule has 0 aliphatic carbocycles. The second kappa shape index (κ2) is 4.42. The van der Waals surface area contributed by atoms with Crippen molar-refractivity contribution in [1.29, 1.82) is 0 Å². The molecule has 1 aromatic heterocycles. The third-order valence-corrected chi connectivity index (χ3v) is 2.51. The molecule has 0 radical (unpaired) electrons. The Bertz CT molecular complexity index is 337. The highest BCUT2D eigenvalue weighted by molar-refractivity contribution is 9.10. The Labute approximate surface area is 95.0 Å². The lowest BCUT2D eigenvalue weighted by Gasteiger charge is -2.23. The molecule has 0 spiro atoms. The highest BCUT2D eigenvalue weighted by atomic mass is 79.9. The van der Waals surface area contributed by atoms with Crippen LogP contribution in [0, 0.1) is 5.41 Å². The maximum atomic E-state index is 12.3. The van der Waals surface area contributed by atoms with E-state index in [9.17, 15) is 8.78 Å². The van der Waals surface area contributed by atoms with Crippen molar-refractivity contribution >= 4 is 21.9 Å². The first-order chi connectivity index (χ1) is 6.80. The van der Waals surface area contributed by atoms with Gasteiger partial charge in [0.25, 0.3) is 0 Å². The van der Waals surface area contributed by atoms with E-state index in [4.69, 9.17) is 5.73 Å². The average Bonchev–Trinajstić information content (AvgIpc) is 2.25. The molecule has 0 amide bonds. The van der Waals surface area contributed by atoms with Gasteiger partial charge in [-0.3, -0.25) is 0 Å². The largest absolute Gasteiger partial charge is 0.366 e. The molecule has 0 atom stereocenters. The molecule has 0 aromatic carbocycles. The zero-order valence-corrected chi connectivity index (χ0v) is 10.1. The van der Waals surface area contributed by atoms with E-state index < -0.39 is 11.8 Å². The lowest BCUT2D eigenvalue weighted by atomic mass is 9.90. The first-order valence-electron chi connectivity index (χ1n) is 4.44. The van der Waals surface area contributed by atoms with Gasteiger partial charge in [0.05, 0.1) is 0 Å². The number of hydrogen-bond donors (Lipinski definition) is 1. The fourth-order valence-electron chi connectivity index (χ4n) is 1.33. The summed E-state index contributed by atoms with van der Waals surface area (Å²) < 4.78 is 26.5. The summed E-state index contributed by atoms with van der Waals surface area (Å²) in [4.78, 5) is 3.83. The molecule has 0 bridgehead atoms. The number of nitrogens with zero attached hydrogens (tertiary/aromatic N) is 3. The summed E-state index contributed by atoms with van der Waals surface area (Å²) in [7, 11) is 0. The fraction of sp³-hybridized carbons (Fsp3) is 0.750. The topological polar surface area (TPSA) is 56.7 Å². The summed E-state index contributed by atoms with van der Waals surface area (Å²) in [6, 6.07) is 0. The molecule has 0 aliphatic heterocycles. The van der Waals surface area contributed by atoms with Crippen molar-refractivity contribution < 1.29 is 8.78 Å². The zero-order valence-electron chi connectivity index (χ0n) is 8.54. The quantitative estimate of drug-likeness (QED) is 0.922. The minimum atomic E-state index is -2.32. The van der Waals surface area contributed by atoms with Crippen LogP contribution in [0.1, 0.15) is 20.3 Å². The summed E-state index contributed by atoms with van der Waals surface area (Å²) in [5, 5.41) is 3.89. The highest BCUT2D eigenvalue weighted by Gasteiger charge is 2.25. The molecule has 0 unspecified atom stereocenters. The van der Waals surface area contributed by atoms with Gasteiger partial charge in [0.15, 0.2) is 4.73 Å². The van der Waals surface area contributed by atoms with Gasteiger partial charge in [-0.15, -0.1) is 5.10 Å². The number of aromatic nitrogens is 3. The molecule has 1 rings (SSSR count). The Hall–Kier alpha value is -0.720. The molecule has 1 aromatic rings. The van der Waals surface area contributed by atoms with Gasteiger partial charge >= 0.3 is 0 Å². The van der Waals surface area contributed by atoms with Crippen LogP contribution in [0.25, 0.3) is 0 Å². The van der Waals surface area contributed by atoms with Gasteiger partial charge < -0.3 is 5.73 Å². The van der Waals surface area contributed by atoms with Crippen LogP contribution in [-0.4, -0.2) is 21.2 Å². The van der Waals surface area contributed by atoms with Gasteiger partial charge in [0, 0.05) is 13.0 Å². The Morgan fingerprint density at radius 2 is 2.13 bits per heavy atom. The van der Waals surface area contributed by atoms with Crippen LogP contribution in [-0.2, 0) is 6.54 Å². The van der Waals surface area contributed by atoms with Crippen molar-refractivity contribution in [3.8, 4) is 0 Å². The van der Waals surface area contributed by atoms with Crippen molar-refractivity contribution in [2.75, 3.05) is 5.73 Å². The molecule has 1 heterocycles. The van der Waals surface area contributed by atoms with Gasteiger partial charge in [0.2, 0.25) is 12.4 Å². The maximum Gasteiger partial charge on any atom is 0.240 e. The van der Waals surface area contributed by atoms with Crippen molar-refractivity contribution in [2.45, 2.75) is 33.2 Å². The Balaban J connectivity index is 2.72. The van der Waals surface area contributed by atoms with E-state index in [-0.39, 0.29) is 12.4 Å². The Kier molecular flexibility index (Phi) is 3.64. The number of alkyl halides is 2. The average molecular weight is 283 g/mol. The monoisotopic (exact) mass is 282 g/mol. The van der Waals surface area contributed by atoms with E-state index in [1.165, 1.54) is 4.68 Å². The van der Waals surface area contributed by atoms with Gasteiger partial charge in [0.1, 0.15) is 0 Å². The summed E-state index contributed by atoms with van der Waals surface area (Å²) >= 11 is 3.16. The van der Waals surface area contributed by atoms with E-state index in [0.717, 1.165) is 0 Å². The lowest BCUT2D eigenvalue weighted by Crippen LogP contribution is -2.23. The normalized spacial score (nSPS) is 12.4. The summed E-state index contributed by atoms with van der Waals surface area (Å²) in [5.74, 6) is 0.134. The lowest BCUT2D eigenvalue weighted by molar-refractivity contribution is 0.0774. The maximum absolute atomic E-state index is 12.3. The van der Waals surface area contributed by atoms with Crippen LogP contribution in [0.15, 0.2) is 4.73 Å². The first kappa shape index (κ1) is 12.4. The Morgan fingerprint density at radius 1 is 1.53 bits per heavy atom. The van der Waals surface area contributed by atoms with Crippen molar-refractivity contribution in [2.24, 2.45) is 5.41 Å². The molecule has 4 nitrogen and oxygen atoms in total. The predicted octanol–water partition coefficient (Wildman–Crippen LogP) is 2.30. The minimum absolute atomic E-state index is 0.134. The molecule has 0 fully saturated rings. The third-order valence-electron chi connectivity index (χ3n) is 1.93. The van der Waals surface area contributed by atoms with Crippen molar-refractivity contribution in [1.82, 2.24) is 14.8 Å². The molecule has 0 aliphatic rings. The fourth-order valence-corrected chi connectivity index (χ4v) is 1.71. The van der Waals surface area contributed by atoms with Crippen LogP contribution < -0.4 is 5.73 Å². The van der Waals surface area contributed by atoms with Gasteiger partial charge in [-0.1, -0.05) is 13.8 Å². The number of anilines is 1. The molecule has 15 heavy (non-hydrogen) atoms. The molecule has 0 saturated heterocycles.